The van der Waals surface area contributed by atoms with E-state index in [-0.39, 0.29) is 6.42 Å². The Morgan fingerprint density at radius 2 is 1.94 bits per heavy atom. The summed E-state index contributed by atoms with van der Waals surface area (Å²) in [6.07, 6.45) is -4.29. The van der Waals surface area contributed by atoms with Crippen molar-refractivity contribution in [3.8, 4) is 0 Å². The van der Waals surface area contributed by atoms with Crippen molar-refractivity contribution < 1.29 is 27.6 Å². The molecule has 1 N–H and O–H groups in total. The molecule has 1 fully saturated rings. The number of hydrogen-bond donors (Lipinski definition) is 1. The molecule has 1 atom stereocenters. The van der Waals surface area contributed by atoms with Crippen LogP contribution in [0.2, 0.25) is 0 Å². The molecule has 18 heavy (non-hydrogen) atoms. The zero-order valence-corrected chi connectivity index (χ0v) is 9.93. The zero-order valence-electron chi connectivity index (χ0n) is 9.93. The summed E-state index contributed by atoms with van der Waals surface area (Å²) >= 11 is 0. The third kappa shape index (κ3) is 2.32. The molecule has 1 rings (SSSR count). The molecule has 1 saturated heterocycles. The fourth-order valence-electron chi connectivity index (χ4n) is 1.57. The smallest absolute Gasteiger partial charge is 0.316 e. The van der Waals surface area contributed by atoms with Crippen molar-refractivity contribution >= 4 is 17.7 Å². The molecule has 102 valence electrons. The average molecular weight is 266 g/mol. The van der Waals surface area contributed by atoms with Crippen LogP contribution in [0.15, 0.2) is 0 Å². The molecular weight excluding hydrogens is 253 g/mol. The Morgan fingerprint density at radius 3 is 2.33 bits per heavy atom. The minimum atomic E-state index is -4.90. The highest BCUT2D eigenvalue weighted by atomic mass is 19.4. The van der Waals surface area contributed by atoms with Crippen LogP contribution in [0.1, 0.15) is 26.7 Å². The van der Waals surface area contributed by atoms with Crippen molar-refractivity contribution in [1.82, 2.24) is 10.2 Å². The SMILES string of the molecule is CCCC(=O)CN1C(=O)NC(C)(C(F)(F)F)C1=O. The maximum atomic E-state index is 12.7. The van der Waals surface area contributed by atoms with E-state index in [1.807, 2.05) is 0 Å². The van der Waals surface area contributed by atoms with Gasteiger partial charge in [-0.25, -0.2) is 4.79 Å². The standard InChI is InChI=1S/C10H13F3N2O3/c1-3-4-6(16)5-15-7(17)9(2,10(11,12)13)14-8(15)18/h3-5H2,1-2H3,(H,14,18). The van der Waals surface area contributed by atoms with Gasteiger partial charge in [-0.3, -0.25) is 14.5 Å². The number of amides is 3. The van der Waals surface area contributed by atoms with E-state index in [1.165, 1.54) is 0 Å². The molecule has 0 radical (unpaired) electrons. The van der Waals surface area contributed by atoms with Gasteiger partial charge in [0.1, 0.15) is 0 Å². The molecule has 1 unspecified atom stereocenters. The van der Waals surface area contributed by atoms with E-state index in [4.69, 9.17) is 0 Å². The van der Waals surface area contributed by atoms with Gasteiger partial charge in [0, 0.05) is 6.42 Å². The van der Waals surface area contributed by atoms with Gasteiger partial charge in [-0.05, 0) is 13.3 Å². The number of rotatable bonds is 4. The number of carbonyl (C=O) groups excluding carboxylic acids is 3. The van der Waals surface area contributed by atoms with Crippen molar-refractivity contribution in [2.24, 2.45) is 0 Å². The van der Waals surface area contributed by atoms with Crippen LogP contribution in [-0.2, 0) is 9.59 Å². The highest BCUT2D eigenvalue weighted by Crippen LogP contribution is 2.35. The van der Waals surface area contributed by atoms with E-state index in [0.717, 1.165) is 0 Å². The Bertz CT molecular complexity index is 394. The van der Waals surface area contributed by atoms with Gasteiger partial charge in [-0.1, -0.05) is 6.92 Å². The minimum Gasteiger partial charge on any atom is -0.316 e. The highest BCUT2D eigenvalue weighted by Gasteiger charge is 2.64. The fraction of sp³-hybridized carbons (Fsp3) is 0.700. The van der Waals surface area contributed by atoms with Gasteiger partial charge in [0.2, 0.25) is 5.54 Å². The van der Waals surface area contributed by atoms with Crippen molar-refractivity contribution in [2.45, 2.75) is 38.4 Å². The summed E-state index contributed by atoms with van der Waals surface area (Å²) in [6, 6.07) is -1.19. The summed E-state index contributed by atoms with van der Waals surface area (Å²) in [5.41, 5.74) is -2.95. The first-order valence-corrected chi connectivity index (χ1v) is 5.36. The van der Waals surface area contributed by atoms with Crippen LogP contribution in [0.4, 0.5) is 18.0 Å². The summed E-state index contributed by atoms with van der Waals surface area (Å²) in [5.74, 6) is -1.89. The van der Waals surface area contributed by atoms with E-state index in [0.29, 0.717) is 18.2 Å². The number of nitrogens with one attached hydrogen (secondary N) is 1. The van der Waals surface area contributed by atoms with Crippen molar-refractivity contribution in [2.75, 3.05) is 6.54 Å². The van der Waals surface area contributed by atoms with Gasteiger partial charge in [0.05, 0.1) is 6.54 Å². The number of Topliss-reactive ketones (excluding diaryl/α,β-unsaturated/α-hetero) is 1. The van der Waals surface area contributed by atoms with Crippen LogP contribution in [0.25, 0.3) is 0 Å². The molecule has 0 spiro atoms. The molecule has 5 nitrogen and oxygen atoms in total. The van der Waals surface area contributed by atoms with Crippen LogP contribution in [-0.4, -0.2) is 40.9 Å². The number of carbonyl (C=O) groups is 3. The molecule has 1 aliphatic rings. The Morgan fingerprint density at radius 1 is 1.39 bits per heavy atom. The van der Waals surface area contributed by atoms with Crippen LogP contribution >= 0.6 is 0 Å². The average Bonchev–Trinajstić information content (AvgIpc) is 2.43. The van der Waals surface area contributed by atoms with Crippen LogP contribution in [0.5, 0.6) is 0 Å². The van der Waals surface area contributed by atoms with Gasteiger partial charge < -0.3 is 5.32 Å². The lowest BCUT2D eigenvalue weighted by molar-refractivity contribution is -0.191. The Balaban J connectivity index is 2.89. The summed E-state index contributed by atoms with van der Waals surface area (Å²) < 4.78 is 38.0. The van der Waals surface area contributed by atoms with E-state index in [1.54, 1.807) is 12.2 Å². The van der Waals surface area contributed by atoms with Gasteiger partial charge >= 0.3 is 12.2 Å². The molecule has 0 aromatic carbocycles. The first kappa shape index (κ1) is 14.5. The third-order valence-electron chi connectivity index (χ3n) is 2.71. The second-order valence-electron chi connectivity index (χ2n) is 4.23. The number of nitrogens with zero attached hydrogens (tertiary/aromatic N) is 1. The largest absolute Gasteiger partial charge is 0.420 e. The lowest BCUT2D eigenvalue weighted by Crippen LogP contribution is -2.56. The molecule has 0 aromatic rings. The summed E-state index contributed by atoms with van der Waals surface area (Å²) in [6.45, 7) is 1.67. The van der Waals surface area contributed by atoms with Crippen LogP contribution in [0.3, 0.4) is 0 Å². The molecule has 0 aromatic heterocycles. The topological polar surface area (TPSA) is 66.5 Å². The highest BCUT2D eigenvalue weighted by molar-refractivity contribution is 6.09. The number of urea groups is 1. The Kier molecular flexibility index (Phi) is 3.68. The molecule has 1 aliphatic heterocycles. The number of imide groups is 1. The number of halogens is 3. The predicted octanol–water partition coefficient (Wildman–Crippen LogP) is 1.23. The van der Waals surface area contributed by atoms with Crippen molar-refractivity contribution in [3.05, 3.63) is 0 Å². The van der Waals surface area contributed by atoms with E-state index in [2.05, 4.69) is 0 Å². The second kappa shape index (κ2) is 4.58. The zero-order chi connectivity index (χ0) is 14.1. The van der Waals surface area contributed by atoms with E-state index >= 15 is 0 Å². The summed E-state index contributed by atoms with van der Waals surface area (Å²) in [5, 5.41) is 1.58. The second-order valence-corrected chi connectivity index (χ2v) is 4.23. The van der Waals surface area contributed by atoms with Crippen LogP contribution in [0, 0.1) is 0 Å². The first-order valence-electron chi connectivity index (χ1n) is 5.36. The van der Waals surface area contributed by atoms with E-state index in [9.17, 15) is 27.6 Å². The lowest BCUT2D eigenvalue weighted by atomic mass is 10.0. The van der Waals surface area contributed by atoms with Crippen molar-refractivity contribution in [3.63, 3.8) is 0 Å². The fourth-order valence-corrected chi connectivity index (χ4v) is 1.57. The van der Waals surface area contributed by atoms with Gasteiger partial charge in [0.15, 0.2) is 5.78 Å². The predicted molar refractivity (Wildman–Crippen MR) is 54.6 cm³/mol. The van der Waals surface area contributed by atoms with Crippen molar-refractivity contribution in [1.29, 1.82) is 0 Å². The third-order valence-corrected chi connectivity index (χ3v) is 2.71. The molecule has 1 heterocycles. The normalized spacial score (nSPS) is 24.4. The maximum absolute atomic E-state index is 12.7. The monoisotopic (exact) mass is 266 g/mol. The molecule has 0 saturated carbocycles. The minimum absolute atomic E-state index is 0.111. The Labute approximate surface area is 101 Å². The van der Waals surface area contributed by atoms with Crippen LogP contribution < -0.4 is 5.32 Å². The maximum Gasteiger partial charge on any atom is 0.420 e. The van der Waals surface area contributed by atoms with Gasteiger partial charge in [-0.15, -0.1) is 0 Å². The van der Waals surface area contributed by atoms with Gasteiger partial charge in [-0.2, -0.15) is 13.2 Å². The molecule has 0 bridgehead atoms. The quantitative estimate of drug-likeness (QED) is 0.778. The Hall–Kier alpha value is -1.60. The molecule has 0 aliphatic carbocycles. The number of ketones is 1. The first-order chi connectivity index (χ1) is 8.13. The van der Waals surface area contributed by atoms with E-state index < -0.39 is 36.0 Å². The van der Waals surface area contributed by atoms with Gasteiger partial charge in [0.25, 0.3) is 5.91 Å². The summed E-state index contributed by atoms with van der Waals surface area (Å²) in [4.78, 5) is 34.5. The molecular formula is C10H13F3N2O3. The summed E-state index contributed by atoms with van der Waals surface area (Å²) in [7, 11) is 0. The lowest BCUT2D eigenvalue weighted by Gasteiger charge is -2.24. The number of alkyl halides is 3. The molecule has 8 heteroatoms. The number of hydrogen-bond acceptors (Lipinski definition) is 3. The molecule has 3 amide bonds.